The van der Waals surface area contributed by atoms with Crippen LogP contribution in [0.4, 0.5) is 0 Å². The molecule has 0 radical (unpaired) electrons. The maximum Gasteiger partial charge on any atom is 0.261 e. The minimum Gasteiger partial charge on any atom is -0.497 e. The second kappa shape index (κ2) is 9.55. The van der Waals surface area contributed by atoms with Gasteiger partial charge in [0.25, 0.3) is 5.91 Å². The number of pyridine rings is 1. The zero-order chi connectivity index (χ0) is 21.5. The number of amides is 1. The Morgan fingerprint density at radius 1 is 1.20 bits per heavy atom. The summed E-state index contributed by atoms with van der Waals surface area (Å²) in [5.74, 6) is 1.26. The molecule has 0 atom stereocenters. The fraction of sp³-hybridized carbons (Fsp3) is 0.238. The summed E-state index contributed by atoms with van der Waals surface area (Å²) >= 11 is 0. The Bertz CT molecular complexity index is 1030. The highest BCUT2D eigenvalue weighted by Gasteiger charge is 2.07. The molecule has 3 rings (SSSR count). The lowest BCUT2D eigenvalue weighted by Gasteiger charge is -2.07. The highest BCUT2D eigenvalue weighted by molar-refractivity contribution is 5.96. The number of hydrogen-bond donors (Lipinski definition) is 2. The zero-order valence-electron chi connectivity index (χ0n) is 17.1. The van der Waals surface area contributed by atoms with Crippen LogP contribution in [0.15, 0.2) is 53.8 Å². The SMILES string of the molecule is COc1ccc(CNC(=O)CO/N=C(/N)c2ccc(-n3nc(C)cc3C)nc2)cc1. The van der Waals surface area contributed by atoms with E-state index in [-0.39, 0.29) is 18.3 Å². The van der Waals surface area contributed by atoms with E-state index in [2.05, 4.69) is 20.6 Å². The van der Waals surface area contributed by atoms with Crippen LogP contribution in [0.2, 0.25) is 0 Å². The van der Waals surface area contributed by atoms with Gasteiger partial charge in [-0.25, -0.2) is 9.67 Å². The first kappa shape index (κ1) is 20.8. The van der Waals surface area contributed by atoms with Gasteiger partial charge < -0.3 is 20.6 Å². The first-order chi connectivity index (χ1) is 14.5. The van der Waals surface area contributed by atoms with Crippen molar-refractivity contribution in [2.75, 3.05) is 13.7 Å². The van der Waals surface area contributed by atoms with E-state index in [0.29, 0.717) is 17.9 Å². The Labute approximate surface area is 174 Å². The molecule has 0 saturated heterocycles. The summed E-state index contributed by atoms with van der Waals surface area (Å²) in [6.07, 6.45) is 1.58. The molecular weight excluding hydrogens is 384 g/mol. The van der Waals surface area contributed by atoms with Gasteiger partial charge in [-0.2, -0.15) is 5.10 Å². The number of ether oxygens (including phenoxy) is 1. The van der Waals surface area contributed by atoms with Gasteiger partial charge in [-0.3, -0.25) is 4.79 Å². The van der Waals surface area contributed by atoms with Crippen LogP contribution in [0.1, 0.15) is 22.5 Å². The predicted molar refractivity (Wildman–Crippen MR) is 112 cm³/mol. The van der Waals surface area contributed by atoms with Crippen molar-refractivity contribution in [3.63, 3.8) is 0 Å². The number of nitrogens with one attached hydrogen (secondary N) is 1. The van der Waals surface area contributed by atoms with Crippen molar-refractivity contribution in [3.8, 4) is 11.6 Å². The van der Waals surface area contributed by atoms with E-state index in [1.165, 1.54) is 0 Å². The molecule has 0 spiro atoms. The summed E-state index contributed by atoms with van der Waals surface area (Å²) < 4.78 is 6.85. The van der Waals surface area contributed by atoms with Gasteiger partial charge in [0, 0.05) is 24.0 Å². The number of methoxy groups -OCH3 is 1. The number of nitrogens with two attached hydrogens (primary N) is 1. The molecule has 0 fully saturated rings. The van der Waals surface area contributed by atoms with E-state index in [4.69, 9.17) is 15.3 Å². The molecule has 0 unspecified atom stereocenters. The van der Waals surface area contributed by atoms with Crippen molar-refractivity contribution < 1.29 is 14.4 Å². The molecule has 30 heavy (non-hydrogen) atoms. The summed E-state index contributed by atoms with van der Waals surface area (Å²) in [5, 5.41) is 10.9. The number of hydrogen-bond acceptors (Lipinski definition) is 6. The number of benzene rings is 1. The largest absolute Gasteiger partial charge is 0.497 e. The molecule has 0 bridgehead atoms. The van der Waals surface area contributed by atoms with E-state index >= 15 is 0 Å². The maximum absolute atomic E-state index is 11.9. The van der Waals surface area contributed by atoms with Crippen molar-refractivity contribution in [1.29, 1.82) is 0 Å². The third kappa shape index (κ3) is 5.34. The quantitative estimate of drug-likeness (QED) is 0.334. The second-order valence-corrected chi connectivity index (χ2v) is 6.62. The zero-order valence-corrected chi connectivity index (χ0v) is 17.1. The van der Waals surface area contributed by atoms with Gasteiger partial charge in [-0.05, 0) is 49.7 Å². The molecule has 3 aromatic rings. The first-order valence-corrected chi connectivity index (χ1v) is 9.31. The van der Waals surface area contributed by atoms with Crippen molar-refractivity contribution in [3.05, 3.63) is 71.2 Å². The number of amidine groups is 1. The molecule has 0 aliphatic heterocycles. The van der Waals surface area contributed by atoms with Crippen LogP contribution in [0, 0.1) is 13.8 Å². The van der Waals surface area contributed by atoms with Crippen LogP contribution in [0.5, 0.6) is 5.75 Å². The van der Waals surface area contributed by atoms with Gasteiger partial charge in [-0.15, -0.1) is 0 Å². The minimum atomic E-state index is -0.305. The fourth-order valence-corrected chi connectivity index (χ4v) is 2.73. The summed E-state index contributed by atoms with van der Waals surface area (Å²) in [6.45, 7) is 4.02. The summed E-state index contributed by atoms with van der Waals surface area (Å²) in [5.41, 5.74) is 9.34. The fourth-order valence-electron chi connectivity index (χ4n) is 2.73. The summed E-state index contributed by atoms with van der Waals surface area (Å²) in [4.78, 5) is 21.3. The average molecular weight is 408 g/mol. The Kier molecular flexibility index (Phi) is 6.63. The van der Waals surface area contributed by atoms with Crippen molar-refractivity contribution in [2.45, 2.75) is 20.4 Å². The van der Waals surface area contributed by atoms with Crippen LogP contribution < -0.4 is 15.8 Å². The molecule has 9 nitrogen and oxygen atoms in total. The topological polar surface area (TPSA) is 117 Å². The molecule has 156 valence electrons. The second-order valence-electron chi connectivity index (χ2n) is 6.62. The van der Waals surface area contributed by atoms with E-state index in [1.54, 1.807) is 30.1 Å². The van der Waals surface area contributed by atoms with Crippen LogP contribution in [-0.2, 0) is 16.2 Å². The van der Waals surface area contributed by atoms with Crippen molar-refractivity contribution >= 4 is 11.7 Å². The summed E-state index contributed by atoms with van der Waals surface area (Å²) in [6, 6.07) is 12.9. The van der Waals surface area contributed by atoms with E-state index in [0.717, 1.165) is 22.7 Å². The van der Waals surface area contributed by atoms with Gasteiger partial charge in [0.1, 0.15) is 5.75 Å². The van der Waals surface area contributed by atoms with Gasteiger partial charge >= 0.3 is 0 Å². The van der Waals surface area contributed by atoms with Crippen LogP contribution in [-0.4, -0.2) is 40.2 Å². The molecule has 0 aliphatic rings. The van der Waals surface area contributed by atoms with Crippen LogP contribution in [0.3, 0.4) is 0 Å². The lowest BCUT2D eigenvalue weighted by molar-refractivity contribution is -0.125. The van der Waals surface area contributed by atoms with Gasteiger partial charge in [0.15, 0.2) is 18.3 Å². The van der Waals surface area contributed by atoms with Crippen molar-refractivity contribution in [2.24, 2.45) is 10.9 Å². The maximum atomic E-state index is 11.9. The first-order valence-electron chi connectivity index (χ1n) is 9.31. The number of carbonyl (C=O) groups excluding carboxylic acids is 1. The molecule has 1 aromatic carbocycles. The van der Waals surface area contributed by atoms with E-state index in [1.807, 2.05) is 44.2 Å². The predicted octanol–water partition coefficient (Wildman–Crippen LogP) is 1.85. The van der Waals surface area contributed by atoms with E-state index in [9.17, 15) is 4.79 Å². The molecule has 2 aromatic heterocycles. The van der Waals surface area contributed by atoms with Gasteiger partial charge in [0.05, 0.1) is 12.8 Å². The molecule has 3 N–H and O–H groups in total. The molecule has 1 amide bonds. The normalized spacial score (nSPS) is 11.2. The number of nitrogens with zero attached hydrogens (tertiary/aromatic N) is 4. The number of aryl methyl sites for hydroxylation is 2. The highest BCUT2D eigenvalue weighted by atomic mass is 16.6. The Hall–Kier alpha value is -3.88. The van der Waals surface area contributed by atoms with Crippen molar-refractivity contribution in [1.82, 2.24) is 20.1 Å². The van der Waals surface area contributed by atoms with Crippen LogP contribution >= 0.6 is 0 Å². The highest BCUT2D eigenvalue weighted by Crippen LogP contribution is 2.11. The smallest absolute Gasteiger partial charge is 0.261 e. The number of carbonyl (C=O) groups is 1. The third-order valence-electron chi connectivity index (χ3n) is 4.28. The van der Waals surface area contributed by atoms with Gasteiger partial charge in [-0.1, -0.05) is 17.3 Å². The molecule has 0 aliphatic carbocycles. The lowest BCUT2D eigenvalue weighted by atomic mass is 10.2. The monoisotopic (exact) mass is 408 g/mol. The van der Waals surface area contributed by atoms with Crippen LogP contribution in [0.25, 0.3) is 5.82 Å². The molecule has 0 saturated carbocycles. The Balaban J connectivity index is 1.49. The average Bonchev–Trinajstić information content (AvgIpc) is 3.10. The lowest BCUT2D eigenvalue weighted by Crippen LogP contribution is -2.27. The molecule has 2 heterocycles. The Morgan fingerprint density at radius 3 is 2.57 bits per heavy atom. The Morgan fingerprint density at radius 2 is 1.97 bits per heavy atom. The number of aromatic nitrogens is 3. The van der Waals surface area contributed by atoms with E-state index < -0.39 is 0 Å². The molecular formula is C21H24N6O3. The third-order valence-corrected chi connectivity index (χ3v) is 4.28. The van der Waals surface area contributed by atoms with Gasteiger partial charge in [0.2, 0.25) is 0 Å². The number of oxime groups is 1. The minimum absolute atomic E-state index is 0.130. The standard InChI is InChI=1S/C21H24N6O3/c1-14-10-15(2)27(25-14)19-9-6-17(12-23-19)21(22)26-30-13-20(28)24-11-16-4-7-18(29-3)8-5-16/h4-10,12H,11,13H2,1-3H3,(H2,22,26)(H,24,28). The molecule has 9 heteroatoms. The summed E-state index contributed by atoms with van der Waals surface area (Å²) in [7, 11) is 1.60. The number of rotatable bonds is 8.